The van der Waals surface area contributed by atoms with Gasteiger partial charge in [-0.1, -0.05) is 0 Å². The van der Waals surface area contributed by atoms with Crippen molar-refractivity contribution in [2.45, 2.75) is 0 Å². The van der Waals surface area contributed by atoms with Crippen molar-refractivity contribution in [1.82, 2.24) is 9.97 Å². The summed E-state index contributed by atoms with van der Waals surface area (Å²) in [4.78, 5) is 6.42. The standard InChI is InChI=1S/C3H4N2.Au.H2N/c1-2-5-3-4-1;;/h1-3H,(H,4,5);;1H2/q;+1;-1. The van der Waals surface area contributed by atoms with Crippen molar-refractivity contribution in [3.63, 3.8) is 0 Å². The zero-order valence-corrected chi connectivity index (χ0v) is 5.72. The van der Waals surface area contributed by atoms with Crippen molar-refractivity contribution in [2.24, 2.45) is 4.14 Å². The molecule has 0 aliphatic carbocycles. The van der Waals surface area contributed by atoms with Crippen LogP contribution in [0.1, 0.15) is 0 Å². The Morgan fingerprint density at radius 3 is 2.43 bits per heavy atom. The third kappa shape index (κ3) is 3.75. The van der Waals surface area contributed by atoms with E-state index in [1.54, 1.807) is 40.0 Å². The fourth-order valence-corrected chi connectivity index (χ4v) is 0.215. The monoisotopic (exact) mass is 281 g/mol. The molecule has 0 unspecified atom stereocenters. The van der Waals surface area contributed by atoms with E-state index in [1.165, 1.54) is 0 Å². The smallest absolute Gasteiger partial charge is 0.0919 e. The molecule has 0 spiro atoms. The van der Waals surface area contributed by atoms with Crippen LogP contribution in [0, 0.1) is 0 Å². The van der Waals surface area contributed by atoms with Gasteiger partial charge in [-0.2, -0.15) is 0 Å². The van der Waals surface area contributed by atoms with E-state index in [-0.39, 0.29) is 0 Å². The third-order valence-corrected chi connectivity index (χ3v) is 0.406. The normalized spacial score (nSPS) is 6.71. The molecule has 0 radical (unpaired) electrons. The summed E-state index contributed by atoms with van der Waals surface area (Å²) in [5.74, 6) is 0. The number of nitrogens with zero attached hydrogens (tertiary/aromatic N) is 1. The van der Waals surface area contributed by atoms with Crippen LogP contribution < -0.4 is 4.14 Å². The maximum absolute atomic E-state index is 4.44. The summed E-state index contributed by atoms with van der Waals surface area (Å²) < 4.78 is 4.44. The van der Waals surface area contributed by atoms with Gasteiger partial charge in [0.2, 0.25) is 0 Å². The minimum atomic E-state index is 1.62. The molecule has 3 N–H and O–H groups in total. The summed E-state index contributed by atoms with van der Waals surface area (Å²) in [5.41, 5.74) is 0. The molecule has 1 aromatic rings. The van der Waals surface area contributed by atoms with Crippen LogP contribution in [0.3, 0.4) is 0 Å². The average Bonchev–Trinajstić information content (AvgIpc) is 2.23. The van der Waals surface area contributed by atoms with Crippen molar-refractivity contribution in [3.05, 3.63) is 18.7 Å². The zero-order chi connectivity index (χ0) is 5.54. The second kappa shape index (κ2) is 5.91. The molecule has 0 fully saturated rings. The Bertz CT molecular complexity index is 66.7. The van der Waals surface area contributed by atoms with E-state index >= 15 is 0 Å². The maximum atomic E-state index is 4.44. The number of rotatable bonds is 0. The number of aromatic amines is 1. The van der Waals surface area contributed by atoms with Gasteiger partial charge in [0, 0.05) is 12.4 Å². The molecule has 1 aromatic heterocycles. The Hall–Kier alpha value is -0.0897. The number of nitrogens with one attached hydrogen (secondary N) is 1. The number of hydrogen-bond acceptors (Lipinski definition) is 2. The van der Waals surface area contributed by atoms with Crippen molar-refractivity contribution in [2.75, 3.05) is 0 Å². The van der Waals surface area contributed by atoms with E-state index in [1.807, 2.05) is 0 Å². The molecule has 0 aliphatic heterocycles. The average molecular weight is 281 g/mol. The van der Waals surface area contributed by atoms with Crippen LogP contribution in [0.15, 0.2) is 18.7 Å². The van der Waals surface area contributed by atoms with Crippen LogP contribution in [-0.2, 0) is 21.3 Å². The quantitative estimate of drug-likeness (QED) is 0.648. The molecule has 0 bridgehead atoms. The first-order valence-electron chi connectivity index (χ1n) is 1.60. The Morgan fingerprint density at radius 1 is 1.57 bits per heavy atom. The van der Waals surface area contributed by atoms with Gasteiger partial charge in [-0.25, -0.2) is 4.98 Å². The minimum absolute atomic E-state index is 1.62. The predicted octanol–water partition coefficient (Wildman–Crippen LogP) is -0.183. The van der Waals surface area contributed by atoms with Crippen molar-refractivity contribution < 1.29 is 21.3 Å². The maximum Gasteiger partial charge on any atom is 0.0919 e. The van der Waals surface area contributed by atoms with Gasteiger partial charge >= 0.3 is 25.5 Å². The summed E-state index contributed by atoms with van der Waals surface area (Å²) in [6.07, 6.45) is 5.08. The summed E-state index contributed by atoms with van der Waals surface area (Å²) in [5, 5.41) is 0. The molecule has 7 heavy (non-hydrogen) atoms. The van der Waals surface area contributed by atoms with Crippen LogP contribution in [0.5, 0.6) is 0 Å². The Labute approximate surface area is 54.6 Å². The van der Waals surface area contributed by atoms with Gasteiger partial charge in [0.1, 0.15) is 0 Å². The molecule has 44 valence electrons. The number of H-pyrrole nitrogens is 1. The summed E-state index contributed by atoms with van der Waals surface area (Å²) in [7, 11) is 0. The van der Waals surface area contributed by atoms with Gasteiger partial charge < -0.3 is 4.98 Å². The number of imidazole rings is 1. The fraction of sp³-hybridized carbons (Fsp3) is 0. The second-order valence-electron chi connectivity index (χ2n) is 0.761. The van der Waals surface area contributed by atoms with Gasteiger partial charge in [0.25, 0.3) is 0 Å². The fourth-order valence-electron chi connectivity index (χ4n) is 0.215. The molecule has 0 atom stereocenters. The molecule has 4 heteroatoms. The van der Waals surface area contributed by atoms with Crippen molar-refractivity contribution in [3.8, 4) is 0 Å². The zero-order valence-electron chi connectivity index (χ0n) is 3.56. The number of nitrogens with two attached hydrogens (primary N) is 1. The van der Waals surface area contributed by atoms with E-state index in [4.69, 9.17) is 0 Å². The van der Waals surface area contributed by atoms with E-state index < -0.39 is 0 Å². The Morgan fingerprint density at radius 2 is 2.29 bits per heavy atom. The first-order valence-corrected chi connectivity index (χ1v) is 2.85. The van der Waals surface area contributed by atoms with Crippen LogP contribution in [0.2, 0.25) is 0 Å². The first-order chi connectivity index (χ1) is 3.50. The van der Waals surface area contributed by atoms with E-state index in [2.05, 4.69) is 14.1 Å². The van der Waals surface area contributed by atoms with Gasteiger partial charge in [-0.15, -0.1) is 0 Å². The van der Waals surface area contributed by atoms with E-state index in [9.17, 15) is 0 Å². The van der Waals surface area contributed by atoms with E-state index in [0.717, 1.165) is 0 Å². The number of hydrogen-bond donors (Lipinski definition) is 2. The van der Waals surface area contributed by atoms with Crippen molar-refractivity contribution >= 4 is 0 Å². The predicted molar refractivity (Wildman–Crippen MR) is 22.8 cm³/mol. The molecule has 1 heterocycles. The molecule has 0 amide bonds. The van der Waals surface area contributed by atoms with Crippen LogP contribution in [0.25, 0.3) is 0 Å². The van der Waals surface area contributed by atoms with Crippen LogP contribution in [-0.4, -0.2) is 9.97 Å². The summed E-state index contributed by atoms with van der Waals surface area (Å²) in [6, 6.07) is 0. The molecule has 0 saturated heterocycles. The second-order valence-corrected chi connectivity index (χ2v) is 0.761. The van der Waals surface area contributed by atoms with Gasteiger partial charge in [-0.3, -0.25) is 0 Å². The Kier molecular flexibility index (Phi) is 5.83. The molecule has 3 nitrogen and oxygen atoms in total. The first kappa shape index (κ1) is 6.91. The number of aromatic nitrogens is 2. The van der Waals surface area contributed by atoms with Gasteiger partial charge in [0.05, 0.1) is 6.33 Å². The van der Waals surface area contributed by atoms with Gasteiger partial charge in [-0.05, 0) is 0 Å². The molecule has 1 rings (SSSR count). The Balaban J connectivity index is 0.000000162. The summed E-state index contributed by atoms with van der Waals surface area (Å²) >= 11 is 1.78. The SMILES string of the molecule is [NH2][Au].c1c[nH]cn1. The van der Waals surface area contributed by atoms with Gasteiger partial charge in [0.15, 0.2) is 0 Å². The minimum Gasteiger partial charge on any atom is -0.351 e. The largest absolute Gasteiger partial charge is 0.351 e. The molecule has 0 aromatic carbocycles. The van der Waals surface area contributed by atoms with Crippen LogP contribution >= 0.6 is 0 Å². The molecular weight excluding hydrogens is 275 g/mol. The molecule has 0 saturated carbocycles. The molecule has 0 aliphatic rings. The van der Waals surface area contributed by atoms with Crippen LogP contribution in [0.4, 0.5) is 0 Å². The van der Waals surface area contributed by atoms with E-state index in [0.29, 0.717) is 0 Å². The third-order valence-electron chi connectivity index (χ3n) is 0.406. The topological polar surface area (TPSA) is 54.7 Å². The van der Waals surface area contributed by atoms with Crippen molar-refractivity contribution in [1.29, 1.82) is 0 Å². The summed E-state index contributed by atoms with van der Waals surface area (Å²) in [6.45, 7) is 0. The molecular formula is C3H6AuN3.